The summed E-state index contributed by atoms with van der Waals surface area (Å²) in [6, 6.07) is 4.14. The summed E-state index contributed by atoms with van der Waals surface area (Å²) < 4.78 is 25.3. The van der Waals surface area contributed by atoms with Crippen molar-refractivity contribution in [3.05, 3.63) is 34.3 Å². The highest BCUT2D eigenvalue weighted by molar-refractivity contribution is 6.31. The highest BCUT2D eigenvalue weighted by atomic mass is 35.5. The third-order valence-electron chi connectivity index (χ3n) is 2.14. The molecule has 0 spiro atoms. The van der Waals surface area contributed by atoms with Gasteiger partial charge in [-0.2, -0.15) is 0 Å². The monoisotopic (exact) mass is 234 g/mol. The van der Waals surface area contributed by atoms with E-state index in [1.807, 2.05) is 0 Å². The van der Waals surface area contributed by atoms with Crippen molar-refractivity contribution in [1.82, 2.24) is 0 Å². The Hall–Kier alpha value is -1.16. The number of hydrogen-bond acceptors (Lipinski definition) is 1. The molecule has 0 amide bonds. The second-order valence-corrected chi connectivity index (χ2v) is 3.51. The molecule has 0 fully saturated rings. The van der Waals surface area contributed by atoms with Crippen LogP contribution in [0.5, 0.6) is 0 Å². The zero-order valence-corrected chi connectivity index (χ0v) is 8.63. The number of halogens is 3. The number of alkyl halides is 2. The first kappa shape index (κ1) is 11.9. The molecule has 1 rings (SSSR count). The molecule has 0 bridgehead atoms. The largest absolute Gasteiger partial charge is 0.481 e. The van der Waals surface area contributed by atoms with Crippen molar-refractivity contribution in [2.75, 3.05) is 0 Å². The summed E-state index contributed by atoms with van der Waals surface area (Å²) in [5.74, 6) is -2.15. The van der Waals surface area contributed by atoms with Crippen molar-refractivity contribution in [1.29, 1.82) is 0 Å². The Bertz CT molecular complexity index is 380. The lowest BCUT2D eigenvalue weighted by Gasteiger charge is -2.13. The minimum Gasteiger partial charge on any atom is -0.481 e. The van der Waals surface area contributed by atoms with Gasteiger partial charge in [0.1, 0.15) is 0 Å². The maximum Gasteiger partial charge on any atom is 0.310 e. The van der Waals surface area contributed by atoms with Gasteiger partial charge in [0.05, 0.1) is 5.92 Å². The van der Waals surface area contributed by atoms with Gasteiger partial charge in [0.15, 0.2) is 0 Å². The van der Waals surface area contributed by atoms with Crippen LogP contribution in [0, 0.1) is 0 Å². The number of rotatable bonds is 3. The summed E-state index contributed by atoms with van der Waals surface area (Å²) in [5.41, 5.74) is -0.334. The number of carbonyl (C=O) groups is 1. The molecule has 0 saturated heterocycles. The van der Waals surface area contributed by atoms with Gasteiger partial charge < -0.3 is 5.11 Å². The van der Waals surface area contributed by atoms with E-state index in [0.717, 1.165) is 0 Å². The molecule has 0 aromatic heterocycles. The molecular weight excluding hydrogens is 226 g/mol. The fraction of sp³-hybridized carbons (Fsp3) is 0.300. The standard InChI is InChI=1S/C10H9ClF2O2/c1-5(10(14)15)6-3-2-4-7(11)8(6)9(12)13/h2-5,9H,1H3,(H,14,15). The van der Waals surface area contributed by atoms with Gasteiger partial charge in [-0.3, -0.25) is 4.79 Å². The molecule has 0 saturated carbocycles. The number of carboxylic acids is 1. The predicted octanol–water partition coefficient (Wildman–Crippen LogP) is 3.47. The molecule has 0 aliphatic carbocycles. The van der Waals surface area contributed by atoms with Gasteiger partial charge in [-0.25, -0.2) is 8.78 Å². The van der Waals surface area contributed by atoms with Crippen LogP contribution in [-0.2, 0) is 4.79 Å². The molecule has 0 aliphatic rings. The molecule has 2 nitrogen and oxygen atoms in total. The van der Waals surface area contributed by atoms with Crippen molar-refractivity contribution < 1.29 is 18.7 Å². The zero-order chi connectivity index (χ0) is 11.6. The summed E-state index contributed by atoms with van der Waals surface area (Å²) in [6.45, 7) is 1.35. The Kier molecular flexibility index (Phi) is 3.63. The van der Waals surface area contributed by atoms with Crippen LogP contribution in [-0.4, -0.2) is 11.1 Å². The number of hydrogen-bond donors (Lipinski definition) is 1. The van der Waals surface area contributed by atoms with Crippen LogP contribution in [0.2, 0.25) is 5.02 Å². The maximum absolute atomic E-state index is 12.6. The summed E-state index contributed by atoms with van der Waals surface area (Å²) in [6.07, 6.45) is -2.77. The molecule has 1 N–H and O–H groups in total. The molecule has 5 heteroatoms. The second-order valence-electron chi connectivity index (χ2n) is 3.10. The van der Waals surface area contributed by atoms with E-state index in [1.54, 1.807) is 0 Å². The van der Waals surface area contributed by atoms with Crippen molar-refractivity contribution in [2.24, 2.45) is 0 Å². The highest BCUT2D eigenvalue weighted by Crippen LogP contribution is 2.34. The van der Waals surface area contributed by atoms with Crippen molar-refractivity contribution in [2.45, 2.75) is 19.3 Å². The normalized spacial score (nSPS) is 12.9. The first-order chi connectivity index (χ1) is 6.95. The van der Waals surface area contributed by atoms with E-state index in [-0.39, 0.29) is 10.6 Å². The van der Waals surface area contributed by atoms with E-state index >= 15 is 0 Å². The van der Waals surface area contributed by atoms with Crippen molar-refractivity contribution in [3.8, 4) is 0 Å². The van der Waals surface area contributed by atoms with Crippen molar-refractivity contribution >= 4 is 17.6 Å². The molecular formula is C10H9ClF2O2. The van der Waals surface area contributed by atoms with Crippen LogP contribution >= 0.6 is 11.6 Å². The van der Waals surface area contributed by atoms with Crippen LogP contribution in [0.3, 0.4) is 0 Å². The van der Waals surface area contributed by atoms with Crippen LogP contribution in [0.4, 0.5) is 8.78 Å². The lowest BCUT2D eigenvalue weighted by molar-refractivity contribution is -0.138. The predicted molar refractivity (Wildman–Crippen MR) is 52.5 cm³/mol. The van der Waals surface area contributed by atoms with E-state index in [9.17, 15) is 13.6 Å². The number of benzene rings is 1. The van der Waals surface area contributed by atoms with Gasteiger partial charge >= 0.3 is 5.97 Å². The third-order valence-corrected chi connectivity index (χ3v) is 2.47. The number of carboxylic acid groups (broad SMARTS) is 1. The minimum absolute atomic E-state index is 0.0602. The van der Waals surface area contributed by atoms with Crippen LogP contribution in [0.15, 0.2) is 18.2 Å². The molecule has 1 unspecified atom stereocenters. The third kappa shape index (κ3) is 2.45. The topological polar surface area (TPSA) is 37.3 Å². The van der Waals surface area contributed by atoms with Gasteiger partial charge in [-0.05, 0) is 18.6 Å². The average Bonchev–Trinajstić information content (AvgIpc) is 2.15. The fourth-order valence-electron chi connectivity index (χ4n) is 1.29. The Morgan fingerprint density at radius 2 is 2.07 bits per heavy atom. The first-order valence-electron chi connectivity index (χ1n) is 4.24. The highest BCUT2D eigenvalue weighted by Gasteiger charge is 2.23. The molecule has 1 atom stereocenters. The Morgan fingerprint density at radius 1 is 1.47 bits per heavy atom. The minimum atomic E-state index is -2.77. The molecule has 82 valence electrons. The Balaban J connectivity index is 3.28. The second kappa shape index (κ2) is 4.57. The first-order valence-corrected chi connectivity index (χ1v) is 4.62. The van der Waals surface area contributed by atoms with Crippen molar-refractivity contribution in [3.63, 3.8) is 0 Å². The smallest absolute Gasteiger partial charge is 0.310 e. The van der Waals surface area contributed by atoms with Gasteiger partial charge in [0.2, 0.25) is 0 Å². The van der Waals surface area contributed by atoms with Crippen LogP contribution in [0.25, 0.3) is 0 Å². The van der Waals surface area contributed by atoms with Crippen LogP contribution < -0.4 is 0 Å². The summed E-state index contributed by atoms with van der Waals surface area (Å²) >= 11 is 5.60. The Morgan fingerprint density at radius 3 is 2.53 bits per heavy atom. The summed E-state index contributed by atoms with van der Waals surface area (Å²) in [5, 5.41) is 8.64. The zero-order valence-electron chi connectivity index (χ0n) is 7.88. The molecule has 0 radical (unpaired) electrons. The molecule has 1 aromatic rings. The van der Waals surface area contributed by atoms with Gasteiger partial charge in [0, 0.05) is 10.6 Å². The lowest BCUT2D eigenvalue weighted by atomic mass is 9.96. The molecule has 0 aliphatic heterocycles. The number of aliphatic carboxylic acids is 1. The molecule has 0 heterocycles. The van der Waals surface area contributed by atoms with E-state index in [2.05, 4.69) is 0 Å². The SMILES string of the molecule is CC(C(=O)O)c1cccc(Cl)c1C(F)F. The van der Waals surface area contributed by atoms with Crippen LogP contribution in [0.1, 0.15) is 30.4 Å². The quantitative estimate of drug-likeness (QED) is 0.870. The Labute approximate surface area is 90.5 Å². The van der Waals surface area contributed by atoms with E-state index < -0.39 is 23.9 Å². The van der Waals surface area contributed by atoms with E-state index in [0.29, 0.717) is 0 Å². The fourth-order valence-corrected chi connectivity index (χ4v) is 1.56. The van der Waals surface area contributed by atoms with Gasteiger partial charge in [-0.1, -0.05) is 23.7 Å². The van der Waals surface area contributed by atoms with E-state index in [4.69, 9.17) is 16.7 Å². The lowest BCUT2D eigenvalue weighted by Crippen LogP contribution is -2.10. The molecule has 15 heavy (non-hydrogen) atoms. The maximum atomic E-state index is 12.6. The van der Waals surface area contributed by atoms with E-state index in [1.165, 1.54) is 25.1 Å². The molecule has 1 aromatic carbocycles. The summed E-state index contributed by atoms with van der Waals surface area (Å²) in [7, 11) is 0. The van der Waals surface area contributed by atoms with Gasteiger partial charge in [0.25, 0.3) is 6.43 Å². The summed E-state index contributed by atoms with van der Waals surface area (Å²) in [4.78, 5) is 10.7. The average molecular weight is 235 g/mol. The van der Waals surface area contributed by atoms with Gasteiger partial charge in [-0.15, -0.1) is 0 Å².